The van der Waals surface area contributed by atoms with E-state index >= 15 is 0 Å². The Morgan fingerprint density at radius 2 is 2.06 bits per heavy atom. The third-order valence-corrected chi connectivity index (χ3v) is 2.75. The van der Waals surface area contributed by atoms with Crippen molar-refractivity contribution in [2.75, 3.05) is 7.11 Å². The van der Waals surface area contributed by atoms with Crippen LogP contribution in [0, 0.1) is 6.92 Å². The molecule has 4 heteroatoms. The van der Waals surface area contributed by atoms with Gasteiger partial charge in [-0.25, -0.2) is 4.79 Å². The molecule has 0 aliphatic carbocycles. The monoisotopic (exact) mass is 219 g/mol. The maximum absolute atomic E-state index is 11.0. The van der Waals surface area contributed by atoms with E-state index in [0.717, 1.165) is 22.2 Å². The Labute approximate surface area is 93.1 Å². The molecule has 16 heavy (non-hydrogen) atoms. The second kappa shape index (κ2) is 3.56. The molecule has 1 aromatic heterocycles. The Morgan fingerprint density at radius 3 is 2.62 bits per heavy atom. The minimum Gasteiger partial charge on any atom is -0.497 e. The maximum Gasteiger partial charge on any atom is 0.352 e. The van der Waals surface area contributed by atoms with Gasteiger partial charge in [-0.15, -0.1) is 0 Å². The fourth-order valence-electron chi connectivity index (χ4n) is 2.03. The molecule has 0 aliphatic heterocycles. The average molecular weight is 219 g/mol. The van der Waals surface area contributed by atoms with Crippen LogP contribution in [0.2, 0.25) is 0 Å². The summed E-state index contributed by atoms with van der Waals surface area (Å²) in [6.45, 7) is 1.94. The van der Waals surface area contributed by atoms with E-state index in [1.54, 1.807) is 24.8 Å². The molecule has 0 saturated carbocycles. The summed E-state index contributed by atoms with van der Waals surface area (Å²) in [5.74, 6) is -0.176. The number of nitrogens with zero attached hydrogens (tertiary/aromatic N) is 1. The zero-order chi connectivity index (χ0) is 11.9. The van der Waals surface area contributed by atoms with Gasteiger partial charge in [0.1, 0.15) is 11.4 Å². The zero-order valence-corrected chi connectivity index (χ0v) is 9.44. The Bertz CT molecular complexity index is 569. The SMILES string of the molecule is COc1cc(C)c2c(c1)cc(C(=O)O)n2C. The van der Waals surface area contributed by atoms with Gasteiger partial charge in [-0.05, 0) is 30.7 Å². The number of benzene rings is 1. The number of carbonyl (C=O) groups is 1. The van der Waals surface area contributed by atoms with E-state index in [0.29, 0.717) is 0 Å². The summed E-state index contributed by atoms with van der Waals surface area (Å²) in [5.41, 5.74) is 2.22. The second-order valence-corrected chi connectivity index (χ2v) is 3.78. The molecular formula is C12H13NO3. The summed E-state index contributed by atoms with van der Waals surface area (Å²) in [5, 5.41) is 9.92. The highest BCUT2D eigenvalue weighted by Crippen LogP contribution is 2.27. The molecule has 0 atom stereocenters. The largest absolute Gasteiger partial charge is 0.497 e. The van der Waals surface area contributed by atoms with Crippen LogP contribution < -0.4 is 4.74 Å². The van der Waals surface area contributed by atoms with Crippen LogP contribution in [0.5, 0.6) is 5.75 Å². The number of aryl methyl sites for hydroxylation is 2. The van der Waals surface area contributed by atoms with E-state index in [1.807, 2.05) is 19.1 Å². The van der Waals surface area contributed by atoms with E-state index in [9.17, 15) is 4.79 Å². The number of ether oxygens (including phenoxy) is 1. The van der Waals surface area contributed by atoms with Crippen LogP contribution in [0.4, 0.5) is 0 Å². The molecule has 2 rings (SSSR count). The van der Waals surface area contributed by atoms with E-state index in [4.69, 9.17) is 9.84 Å². The summed E-state index contributed by atoms with van der Waals surface area (Å²) < 4.78 is 6.84. The Morgan fingerprint density at radius 1 is 1.38 bits per heavy atom. The van der Waals surface area contributed by atoms with Crippen molar-refractivity contribution >= 4 is 16.9 Å². The molecule has 0 unspecified atom stereocenters. The topological polar surface area (TPSA) is 51.5 Å². The normalized spacial score (nSPS) is 10.7. The number of carboxylic acids is 1. The van der Waals surface area contributed by atoms with Gasteiger partial charge in [0.25, 0.3) is 0 Å². The van der Waals surface area contributed by atoms with Crippen LogP contribution >= 0.6 is 0 Å². The number of fused-ring (bicyclic) bond motifs is 1. The summed E-state index contributed by atoms with van der Waals surface area (Å²) in [6.07, 6.45) is 0. The second-order valence-electron chi connectivity index (χ2n) is 3.78. The fourth-order valence-corrected chi connectivity index (χ4v) is 2.03. The van der Waals surface area contributed by atoms with Gasteiger partial charge in [0.15, 0.2) is 0 Å². The van der Waals surface area contributed by atoms with Crippen LogP contribution in [0.25, 0.3) is 10.9 Å². The molecule has 1 aromatic carbocycles. The predicted octanol–water partition coefficient (Wildman–Crippen LogP) is 2.19. The first-order valence-corrected chi connectivity index (χ1v) is 4.92. The number of carboxylic acid groups (broad SMARTS) is 1. The molecule has 0 bridgehead atoms. The minimum absolute atomic E-state index is 0.284. The Kier molecular flexibility index (Phi) is 2.34. The zero-order valence-electron chi connectivity index (χ0n) is 9.44. The van der Waals surface area contributed by atoms with Crippen LogP contribution in [-0.2, 0) is 7.05 Å². The number of methoxy groups -OCH3 is 1. The Balaban J connectivity index is 2.80. The van der Waals surface area contributed by atoms with Crippen molar-refractivity contribution in [2.45, 2.75) is 6.92 Å². The highest BCUT2D eigenvalue weighted by atomic mass is 16.5. The smallest absolute Gasteiger partial charge is 0.352 e. The first-order chi connectivity index (χ1) is 7.54. The predicted molar refractivity (Wildman–Crippen MR) is 61.2 cm³/mol. The lowest BCUT2D eigenvalue weighted by atomic mass is 10.1. The quantitative estimate of drug-likeness (QED) is 0.842. The lowest BCUT2D eigenvalue weighted by molar-refractivity contribution is 0.0687. The van der Waals surface area contributed by atoms with Gasteiger partial charge in [0.2, 0.25) is 0 Å². The molecule has 0 spiro atoms. The molecule has 1 heterocycles. The molecule has 1 N–H and O–H groups in total. The van der Waals surface area contributed by atoms with Gasteiger partial charge in [-0.3, -0.25) is 0 Å². The summed E-state index contributed by atoms with van der Waals surface area (Å²) in [4.78, 5) is 11.0. The maximum atomic E-state index is 11.0. The van der Waals surface area contributed by atoms with Crippen molar-refractivity contribution in [2.24, 2.45) is 7.05 Å². The molecule has 2 aromatic rings. The van der Waals surface area contributed by atoms with Gasteiger partial charge >= 0.3 is 5.97 Å². The van der Waals surface area contributed by atoms with Crippen molar-refractivity contribution < 1.29 is 14.6 Å². The van der Waals surface area contributed by atoms with Crippen LogP contribution in [0.3, 0.4) is 0 Å². The van der Waals surface area contributed by atoms with Crippen molar-refractivity contribution in [3.63, 3.8) is 0 Å². The lowest BCUT2D eigenvalue weighted by Crippen LogP contribution is -2.04. The van der Waals surface area contributed by atoms with E-state index in [1.165, 1.54) is 0 Å². The number of aromatic nitrogens is 1. The van der Waals surface area contributed by atoms with Crippen molar-refractivity contribution in [1.82, 2.24) is 4.57 Å². The molecule has 0 radical (unpaired) electrons. The van der Waals surface area contributed by atoms with Gasteiger partial charge in [0, 0.05) is 12.4 Å². The number of hydrogen-bond acceptors (Lipinski definition) is 2. The standard InChI is InChI=1S/C12H13NO3/c1-7-4-9(16-3)5-8-6-10(12(14)15)13(2)11(7)8/h4-6H,1-3H3,(H,14,15). The van der Waals surface area contributed by atoms with Gasteiger partial charge in [-0.2, -0.15) is 0 Å². The fraction of sp³-hybridized carbons (Fsp3) is 0.250. The minimum atomic E-state index is -0.919. The molecular weight excluding hydrogens is 206 g/mol. The summed E-state index contributed by atoms with van der Waals surface area (Å²) >= 11 is 0. The third-order valence-electron chi connectivity index (χ3n) is 2.75. The molecule has 0 aliphatic rings. The number of rotatable bonds is 2. The van der Waals surface area contributed by atoms with Crippen LogP contribution in [0.1, 0.15) is 16.1 Å². The first-order valence-electron chi connectivity index (χ1n) is 4.92. The van der Waals surface area contributed by atoms with Gasteiger partial charge in [-0.1, -0.05) is 0 Å². The van der Waals surface area contributed by atoms with E-state index < -0.39 is 5.97 Å². The summed E-state index contributed by atoms with van der Waals surface area (Å²) in [6, 6.07) is 5.40. The third kappa shape index (κ3) is 1.43. The highest BCUT2D eigenvalue weighted by Gasteiger charge is 2.14. The van der Waals surface area contributed by atoms with Crippen molar-refractivity contribution in [1.29, 1.82) is 0 Å². The van der Waals surface area contributed by atoms with E-state index in [-0.39, 0.29) is 5.69 Å². The van der Waals surface area contributed by atoms with Crippen molar-refractivity contribution in [3.8, 4) is 5.75 Å². The van der Waals surface area contributed by atoms with Crippen LogP contribution in [0.15, 0.2) is 18.2 Å². The molecule has 0 amide bonds. The van der Waals surface area contributed by atoms with Crippen LogP contribution in [-0.4, -0.2) is 22.8 Å². The molecule has 84 valence electrons. The highest BCUT2D eigenvalue weighted by molar-refractivity contribution is 5.96. The first kappa shape index (κ1) is 10.5. The number of hydrogen-bond donors (Lipinski definition) is 1. The van der Waals surface area contributed by atoms with Crippen molar-refractivity contribution in [3.05, 3.63) is 29.5 Å². The molecule has 4 nitrogen and oxygen atoms in total. The van der Waals surface area contributed by atoms with E-state index in [2.05, 4.69) is 0 Å². The Hall–Kier alpha value is -1.97. The van der Waals surface area contributed by atoms with Gasteiger partial charge in [0.05, 0.1) is 12.6 Å². The lowest BCUT2D eigenvalue weighted by Gasteiger charge is -2.05. The molecule has 0 saturated heterocycles. The van der Waals surface area contributed by atoms with Gasteiger partial charge < -0.3 is 14.4 Å². The number of aromatic carboxylic acids is 1. The average Bonchev–Trinajstić information content (AvgIpc) is 2.56. The summed E-state index contributed by atoms with van der Waals surface area (Å²) in [7, 11) is 3.35. The molecule has 0 fully saturated rings.